The lowest BCUT2D eigenvalue weighted by Crippen LogP contribution is -2.45. The topological polar surface area (TPSA) is 81.3 Å². The number of aromatic amines is 1. The zero-order valence-corrected chi connectivity index (χ0v) is 16.7. The lowest BCUT2D eigenvalue weighted by molar-refractivity contribution is -0.124. The molecule has 0 spiro atoms. The molecular weight excluding hydrogens is 373 g/mol. The number of nitrogens with one attached hydrogen (secondary N) is 2. The molecule has 4 rings (SSSR count). The Balaban J connectivity index is 1.51. The van der Waals surface area contributed by atoms with Gasteiger partial charge in [-0.25, -0.2) is 9.37 Å². The quantitative estimate of drug-likeness (QED) is 0.798. The van der Waals surface area contributed by atoms with E-state index in [9.17, 15) is 14.0 Å². The Bertz CT molecular complexity index is 964. The van der Waals surface area contributed by atoms with E-state index in [0.29, 0.717) is 30.0 Å². The summed E-state index contributed by atoms with van der Waals surface area (Å²) in [6.07, 6.45) is 1.23. The first-order chi connectivity index (χ1) is 13.9. The average Bonchev–Trinajstić information content (AvgIpc) is 3.50. The van der Waals surface area contributed by atoms with Crippen molar-refractivity contribution in [1.29, 1.82) is 0 Å². The molecule has 154 valence electrons. The molecule has 2 fully saturated rings. The molecule has 0 bridgehead atoms. The van der Waals surface area contributed by atoms with Gasteiger partial charge in [0, 0.05) is 37.8 Å². The van der Waals surface area contributed by atoms with E-state index < -0.39 is 11.5 Å². The predicted molar refractivity (Wildman–Crippen MR) is 108 cm³/mol. The van der Waals surface area contributed by atoms with Crippen LogP contribution in [0.4, 0.5) is 10.3 Å². The molecule has 8 heteroatoms. The van der Waals surface area contributed by atoms with Gasteiger partial charge in [-0.3, -0.25) is 14.6 Å². The summed E-state index contributed by atoms with van der Waals surface area (Å²) < 4.78 is 14.2. The van der Waals surface area contributed by atoms with Crippen molar-refractivity contribution in [2.75, 3.05) is 38.1 Å². The Hall–Kier alpha value is -2.74. The Kier molecular flexibility index (Phi) is 5.12. The molecule has 1 saturated carbocycles. The van der Waals surface area contributed by atoms with Crippen molar-refractivity contribution in [2.24, 2.45) is 0 Å². The summed E-state index contributed by atoms with van der Waals surface area (Å²) >= 11 is 0. The molecule has 0 radical (unpaired) electrons. The maximum atomic E-state index is 14.2. The fraction of sp³-hybridized carbons (Fsp3) is 0.476. The minimum Gasteiger partial charge on any atom is -0.347 e. The normalized spacial score (nSPS) is 19.6. The fourth-order valence-corrected chi connectivity index (χ4v) is 3.85. The molecule has 1 aliphatic carbocycles. The number of likely N-dealkylation sites (N-methyl/N-ethyl adjacent to an activating group) is 1. The molecule has 2 aliphatic rings. The highest BCUT2D eigenvalue weighted by Gasteiger charge is 2.52. The van der Waals surface area contributed by atoms with E-state index in [2.05, 4.69) is 27.2 Å². The van der Waals surface area contributed by atoms with Gasteiger partial charge < -0.3 is 15.1 Å². The van der Waals surface area contributed by atoms with Crippen LogP contribution in [-0.2, 0) is 10.2 Å². The zero-order valence-electron chi connectivity index (χ0n) is 16.7. The summed E-state index contributed by atoms with van der Waals surface area (Å²) in [5.74, 6) is -0.0605. The van der Waals surface area contributed by atoms with Crippen LogP contribution in [0.2, 0.25) is 0 Å². The van der Waals surface area contributed by atoms with E-state index in [-0.39, 0.29) is 17.3 Å². The SMILES string of the molecule is C[C@@H](NC(=O)C1(c2ccccc2F)CC1)c1cc(=O)[nH]c(N2CCN(C)CC2)n1. The van der Waals surface area contributed by atoms with E-state index >= 15 is 0 Å². The average molecular weight is 399 g/mol. The summed E-state index contributed by atoms with van der Waals surface area (Å²) in [4.78, 5) is 36.8. The van der Waals surface area contributed by atoms with Crippen molar-refractivity contribution in [3.63, 3.8) is 0 Å². The van der Waals surface area contributed by atoms with Gasteiger partial charge >= 0.3 is 0 Å². The van der Waals surface area contributed by atoms with Crippen molar-refractivity contribution in [3.8, 4) is 0 Å². The van der Waals surface area contributed by atoms with E-state index in [1.54, 1.807) is 25.1 Å². The van der Waals surface area contributed by atoms with Crippen LogP contribution in [0.25, 0.3) is 0 Å². The number of anilines is 1. The highest BCUT2D eigenvalue weighted by atomic mass is 19.1. The molecule has 2 N–H and O–H groups in total. The third-order valence-electron chi connectivity index (χ3n) is 5.92. The summed E-state index contributed by atoms with van der Waals surface area (Å²) in [6.45, 7) is 5.14. The Morgan fingerprint density at radius 2 is 1.93 bits per heavy atom. The number of carbonyl (C=O) groups is 1. The molecule has 1 saturated heterocycles. The summed E-state index contributed by atoms with van der Waals surface area (Å²) in [7, 11) is 2.06. The number of carbonyl (C=O) groups excluding carboxylic acids is 1. The number of benzene rings is 1. The number of nitrogens with zero attached hydrogens (tertiary/aromatic N) is 3. The third kappa shape index (κ3) is 3.89. The van der Waals surface area contributed by atoms with Crippen LogP contribution in [0.1, 0.15) is 37.1 Å². The second-order valence-electron chi connectivity index (χ2n) is 8.04. The molecule has 1 aromatic heterocycles. The standard InChI is InChI=1S/C21H26FN5O2/c1-14(23-19(29)21(7-8-21)15-5-3-4-6-16(15)22)17-13-18(28)25-20(24-17)27-11-9-26(2)10-12-27/h3-6,13-14H,7-12H2,1-2H3,(H,23,29)(H,24,25,28)/t14-/m1/s1. The molecule has 2 aromatic rings. The zero-order chi connectivity index (χ0) is 20.6. The van der Waals surface area contributed by atoms with E-state index in [1.165, 1.54) is 12.1 Å². The molecular formula is C21H26FN5O2. The second kappa shape index (κ2) is 7.59. The number of hydrogen-bond donors (Lipinski definition) is 2. The molecule has 0 unspecified atom stereocenters. The van der Waals surface area contributed by atoms with Crippen molar-refractivity contribution in [1.82, 2.24) is 20.2 Å². The molecule has 7 nitrogen and oxygen atoms in total. The first-order valence-electron chi connectivity index (χ1n) is 10.00. The van der Waals surface area contributed by atoms with Gasteiger partial charge in [0.05, 0.1) is 17.2 Å². The molecule has 1 amide bonds. The second-order valence-corrected chi connectivity index (χ2v) is 8.04. The maximum absolute atomic E-state index is 14.2. The van der Waals surface area contributed by atoms with E-state index in [0.717, 1.165) is 26.2 Å². The van der Waals surface area contributed by atoms with Gasteiger partial charge in [-0.1, -0.05) is 18.2 Å². The third-order valence-corrected chi connectivity index (χ3v) is 5.92. The number of aromatic nitrogens is 2. The van der Waals surface area contributed by atoms with Crippen LogP contribution in [0.3, 0.4) is 0 Å². The number of rotatable bonds is 5. The minimum atomic E-state index is -0.818. The Morgan fingerprint density at radius 3 is 2.59 bits per heavy atom. The summed E-state index contributed by atoms with van der Waals surface area (Å²) in [5.41, 5.74) is -0.136. The fourth-order valence-electron chi connectivity index (χ4n) is 3.85. The van der Waals surface area contributed by atoms with Gasteiger partial charge in [0.25, 0.3) is 5.56 Å². The largest absolute Gasteiger partial charge is 0.347 e. The highest BCUT2D eigenvalue weighted by Crippen LogP contribution is 2.49. The molecule has 1 aromatic carbocycles. The van der Waals surface area contributed by atoms with Crippen LogP contribution >= 0.6 is 0 Å². The van der Waals surface area contributed by atoms with Gasteiger partial charge in [-0.05, 0) is 32.9 Å². The van der Waals surface area contributed by atoms with Crippen molar-refractivity contribution < 1.29 is 9.18 Å². The van der Waals surface area contributed by atoms with Crippen LogP contribution in [0.15, 0.2) is 35.1 Å². The highest BCUT2D eigenvalue weighted by molar-refractivity contribution is 5.91. The molecule has 1 atom stereocenters. The minimum absolute atomic E-state index is 0.224. The lowest BCUT2D eigenvalue weighted by atomic mass is 9.94. The van der Waals surface area contributed by atoms with Crippen LogP contribution < -0.4 is 15.8 Å². The smallest absolute Gasteiger partial charge is 0.252 e. The monoisotopic (exact) mass is 399 g/mol. The van der Waals surface area contributed by atoms with Crippen molar-refractivity contribution >= 4 is 11.9 Å². The van der Waals surface area contributed by atoms with Gasteiger partial charge in [0.15, 0.2) is 0 Å². The van der Waals surface area contributed by atoms with Crippen LogP contribution in [0.5, 0.6) is 0 Å². The van der Waals surface area contributed by atoms with Crippen molar-refractivity contribution in [3.05, 3.63) is 57.8 Å². The number of hydrogen-bond acceptors (Lipinski definition) is 5. The summed E-state index contributed by atoms with van der Waals surface area (Å²) in [5, 5.41) is 2.94. The molecule has 29 heavy (non-hydrogen) atoms. The van der Waals surface area contributed by atoms with Gasteiger partial charge in [-0.15, -0.1) is 0 Å². The van der Waals surface area contributed by atoms with Gasteiger partial charge in [0.1, 0.15) is 5.82 Å². The first-order valence-corrected chi connectivity index (χ1v) is 10.00. The Labute approximate surface area is 168 Å². The molecule has 2 heterocycles. The number of halogens is 1. The van der Waals surface area contributed by atoms with Gasteiger partial charge in [-0.2, -0.15) is 0 Å². The maximum Gasteiger partial charge on any atom is 0.252 e. The van der Waals surface area contributed by atoms with Crippen LogP contribution in [-0.4, -0.2) is 54.0 Å². The lowest BCUT2D eigenvalue weighted by Gasteiger charge is -2.33. The van der Waals surface area contributed by atoms with Crippen molar-refractivity contribution in [2.45, 2.75) is 31.2 Å². The van der Waals surface area contributed by atoms with Gasteiger partial charge in [0.2, 0.25) is 11.9 Å². The number of piperazine rings is 1. The first kappa shape index (κ1) is 19.6. The van der Waals surface area contributed by atoms with Crippen LogP contribution in [0, 0.1) is 5.82 Å². The van der Waals surface area contributed by atoms with E-state index in [4.69, 9.17) is 0 Å². The Morgan fingerprint density at radius 1 is 1.24 bits per heavy atom. The number of amides is 1. The van der Waals surface area contributed by atoms with E-state index in [1.807, 2.05) is 4.90 Å². The predicted octanol–water partition coefficient (Wildman–Crippen LogP) is 1.57. The summed E-state index contributed by atoms with van der Waals surface area (Å²) in [6, 6.07) is 7.37. The molecule has 1 aliphatic heterocycles. The number of H-pyrrole nitrogens is 1.